The molecular formula is C26H13F10N3. The lowest BCUT2D eigenvalue weighted by atomic mass is 9.91. The molecule has 3 nitrogen and oxygen atoms in total. The first-order valence-corrected chi connectivity index (χ1v) is 11.0. The molecule has 0 spiro atoms. The Labute approximate surface area is 212 Å². The lowest BCUT2D eigenvalue weighted by Gasteiger charge is -2.20. The van der Waals surface area contributed by atoms with Gasteiger partial charge >= 0.3 is 0 Å². The van der Waals surface area contributed by atoms with Crippen molar-refractivity contribution in [2.45, 2.75) is 11.8 Å². The first-order valence-electron chi connectivity index (χ1n) is 11.0. The minimum atomic E-state index is -2.37. The number of nitrogens with one attached hydrogen (secondary N) is 3. The van der Waals surface area contributed by atoms with Gasteiger partial charge in [0.15, 0.2) is 46.5 Å². The summed E-state index contributed by atoms with van der Waals surface area (Å²) in [7, 11) is 0. The zero-order valence-corrected chi connectivity index (χ0v) is 19.1. The van der Waals surface area contributed by atoms with Crippen LogP contribution >= 0.6 is 0 Å². The molecule has 0 saturated carbocycles. The number of rotatable bonds is 6. The Morgan fingerprint density at radius 1 is 0.385 bits per heavy atom. The van der Waals surface area contributed by atoms with Gasteiger partial charge < -0.3 is 15.0 Å². The third-order valence-corrected chi connectivity index (χ3v) is 6.28. The predicted octanol–water partition coefficient (Wildman–Crippen LogP) is 7.42. The van der Waals surface area contributed by atoms with Gasteiger partial charge in [0.25, 0.3) is 0 Å². The fourth-order valence-electron chi connectivity index (χ4n) is 4.52. The molecule has 2 unspecified atom stereocenters. The molecule has 2 aromatic carbocycles. The van der Waals surface area contributed by atoms with Crippen molar-refractivity contribution in [3.63, 3.8) is 0 Å². The van der Waals surface area contributed by atoms with Crippen molar-refractivity contribution in [2.75, 3.05) is 0 Å². The van der Waals surface area contributed by atoms with E-state index in [0.717, 1.165) is 12.1 Å². The average Bonchev–Trinajstić information content (AvgIpc) is 3.72. The fraction of sp³-hybridized carbons (Fsp3) is 0.0769. The minimum absolute atomic E-state index is 0.0423. The Bertz CT molecular complexity index is 1490. The molecule has 0 aliphatic carbocycles. The number of hydrogen-bond acceptors (Lipinski definition) is 0. The van der Waals surface area contributed by atoms with E-state index >= 15 is 0 Å². The van der Waals surface area contributed by atoms with Gasteiger partial charge in [-0.25, -0.2) is 43.9 Å². The van der Waals surface area contributed by atoms with Crippen LogP contribution in [0.15, 0.2) is 48.8 Å². The monoisotopic (exact) mass is 557 g/mol. The highest BCUT2D eigenvalue weighted by atomic mass is 19.2. The summed E-state index contributed by atoms with van der Waals surface area (Å²) in [5.74, 6) is -25.4. The van der Waals surface area contributed by atoms with Gasteiger partial charge in [-0.1, -0.05) is 0 Å². The Morgan fingerprint density at radius 3 is 0.974 bits per heavy atom. The average molecular weight is 557 g/mol. The lowest BCUT2D eigenvalue weighted by molar-refractivity contribution is 0.368. The first kappa shape index (κ1) is 26.2. The van der Waals surface area contributed by atoms with Crippen LogP contribution in [-0.2, 0) is 0 Å². The molecule has 3 heterocycles. The van der Waals surface area contributed by atoms with Gasteiger partial charge in [-0.3, -0.25) is 0 Å². The first-order chi connectivity index (χ1) is 18.5. The van der Waals surface area contributed by atoms with Gasteiger partial charge in [-0.05, 0) is 36.4 Å². The predicted molar refractivity (Wildman–Crippen MR) is 117 cm³/mol. The standard InChI is InChI=1S/C26H13F10N3/c27-17-15(18(28)22(32)25(35)21(17)31)13(9-3-1-7-37-9)11-5-6-12(39-11)14(10-4-2-8-38-10)16-19(29)23(33)26(36)24(34)20(16)30/h1-8,13-14,37-39H. The molecule has 0 saturated heterocycles. The second kappa shape index (κ2) is 9.71. The van der Waals surface area contributed by atoms with E-state index < -0.39 is 81.1 Å². The van der Waals surface area contributed by atoms with Gasteiger partial charge in [0, 0.05) is 46.3 Å². The van der Waals surface area contributed by atoms with Crippen LogP contribution in [0.25, 0.3) is 0 Å². The molecule has 0 radical (unpaired) electrons. The van der Waals surface area contributed by atoms with Crippen LogP contribution in [-0.4, -0.2) is 15.0 Å². The number of aromatic amines is 3. The van der Waals surface area contributed by atoms with Gasteiger partial charge in [0.2, 0.25) is 11.6 Å². The third-order valence-electron chi connectivity index (χ3n) is 6.28. The van der Waals surface area contributed by atoms with Crippen LogP contribution < -0.4 is 0 Å². The summed E-state index contributed by atoms with van der Waals surface area (Å²) in [6.45, 7) is 0. The van der Waals surface area contributed by atoms with Crippen LogP contribution in [0.3, 0.4) is 0 Å². The van der Waals surface area contributed by atoms with Gasteiger partial charge in [-0.2, -0.15) is 0 Å². The number of halogens is 10. The van der Waals surface area contributed by atoms with Crippen molar-refractivity contribution in [1.82, 2.24) is 15.0 Å². The third kappa shape index (κ3) is 4.08. The molecule has 13 heteroatoms. The second-order valence-corrected chi connectivity index (χ2v) is 8.45. The summed E-state index contributed by atoms with van der Waals surface area (Å²) in [6.07, 6.45) is 2.63. The smallest absolute Gasteiger partial charge is 0.200 e. The van der Waals surface area contributed by atoms with E-state index in [4.69, 9.17) is 0 Å². The Hall–Kier alpha value is -4.42. The van der Waals surface area contributed by atoms with Crippen molar-refractivity contribution in [1.29, 1.82) is 0 Å². The van der Waals surface area contributed by atoms with Gasteiger partial charge in [0.1, 0.15) is 0 Å². The minimum Gasteiger partial charge on any atom is -0.364 e. The van der Waals surface area contributed by atoms with Crippen LogP contribution in [0.2, 0.25) is 0 Å². The molecular weight excluding hydrogens is 544 g/mol. The van der Waals surface area contributed by atoms with Crippen molar-refractivity contribution >= 4 is 0 Å². The van der Waals surface area contributed by atoms with E-state index in [1.165, 1.54) is 36.7 Å². The summed E-state index contributed by atoms with van der Waals surface area (Å²) in [5.41, 5.74) is -3.02. The molecule has 3 aromatic heterocycles. The van der Waals surface area contributed by atoms with Crippen LogP contribution in [0, 0.1) is 58.2 Å². The zero-order valence-electron chi connectivity index (χ0n) is 19.1. The largest absolute Gasteiger partial charge is 0.364 e. The molecule has 39 heavy (non-hydrogen) atoms. The van der Waals surface area contributed by atoms with Gasteiger partial charge in [0.05, 0.1) is 11.8 Å². The summed E-state index contributed by atoms with van der Waals surface area (Å²) in [4.78, 5) is 7.86. The normalized spacial score (nSPS) is 13.2. The van der Waals surface area contributed by atoms with Crippen molar-refractivity contribution in [2.24, 2.45) is 0 Å². The SMILES string of the molecule is Fc1c(F)c(F)c(C(c2ccc[nH]2)c2ccc(C(c3ccc[nH]3)c3c(F)c(F)c(F)c(F)c3F)[nH]2)c(F)c1F. The number of aromatic nitrogens is 3. The Morgan fingerprint density at radius 2 is 0.692 bits per heavy atom. The Kier molecular flexibility index (Phi) is 6.52. The van der Waals surface area contributed by atoms with E-state index in [0.29, 0.717) is 0 Å². The molecule has 5 rings (SSSR count). The zero-order chi connectivity index (χ0) is 28.2. The number of H-pyrrole nitrogens is 3. The second-order valence-electron chi connectivity index (χ2n) is 8.45. The summed E-state index contributed by atoms with van der Waals surface area (Å²) in [6, 6.07) is 7.59. The molecule has 3 N–H and O–H groups in total. The highest BCUT2D eigenvalue weighted by Crippen LogP contribution is 2.40. The maximum Gasteiger partial charge on any atom is 0.200 e. The van der Waals surface area contributed by atoms with Crippen molar-refractivity contribution in [3.8, 4) is 0 Å². The molecule has 0 amide bonds. The summed E-state index contributed by atoms with van der Waals surface area (Å²) in [5, 5.41) is 0. The van der Waals surface area contributed by atoms with Crippen molar-refractivity contribution in [3.05, 3.63) is 141 Å². The van der Waals surface area contributed by atoms with Crippen LogP contribution in [0.5, 0.6) is 0 Å². The van der Waals surface area contributed by atoms with Crippen LogP contribution in [0.4, 0.5) is 43.9 Å². The van der Waals surface area contributed by atoms with Gasteiger partial charge in [-0.15, -0.1) is 0 Å². The van der Waals surface area contributed by atoms with E-state index in [2.05, 4.69) is 15.0 Å². The van der Waals surface area contributed by atoms with E-state index in [9.17, 15) is 43.9 Å². The lowest BCUT2D eigenvalue weighted by Crippen LogP contribution is -2.16. The summed E-state index contributed by atoms with van der Waals surface area (Å²) < 4.78 is 143. The maximum absolute atomic E-state index is 14.8. The Balaban J connectivity index is 1.74. The maximum atomic E-state index is 14.8. The van der Waals surface area contributed by atoms with E-state index in [1.54, 1.807) is 0 Å². The molecule has 5 aromatic rings. The van der Waals surface area contributed by atoms with E-state index in [-0.39, 0.29) is 22.8 Å². The summed E-state index contributed by atoms with van der Waals surface area (Å²) >= 11 is 0. The molecule has 0 aliphatic heterocycles. The fourth-order valence-corrected chi connectivity index (χ4v) is 4.52. The number of hydrogen-bond donors (Lipinski definition) is 3. The van der Waals surface area contributed by atoms with Crippen LogP contribution in [0.1, 0.15) is 45.7 Å². The quantitative estimate of drug-likeness (QED) is 0.111. The molecule has 0 fully saturated rings. The van der Waals surface area contributed by atoms with E-state index in [1.807, 2.05) is 0 Å². The topological polar surface area (TPSA) is 47.4 Å². The highest BCUT2D eigenvalue weighted by molar-refractivity contribution is 5.45. The van der Waals surface area contributed by atoms with Crippen molar-refractivity contribution < 1.29 is 43.9 Å². The molecule has 0 bridgehead atoms. The molecule has 0 aliphatic rings. The number of benzene rings is 2. The molecule has 2 atom stereocenters. The highest BCUT2D eigenvalue weighted by Gasteiger charge is 2.36. The molecule has 202 valence electrons.